The highest BCUT2D eigenvalue weighted by atomic mass is 16.3. The summed E-state index contributed by atoms with van der Waals surface area (Å²) in [5, 5.41) is 11.3. The lowest BCUT2D eigenvalue weighted by Gasteiger charge is -2.37. The molecule has 5 nitrogen and oxygen atoms in total. The molecule has 1 fully saturated rings. The molecule has 30 heavy (non-hydrogen) atoms. The molecule has 0 aromatic heterocycles. The van der Waals surface area contributed by atoms with Gasteiger partial charge in [0, 0.05) is 12.8 Å². The van der Waals surface area contributed by atoms with Crippen molar-refractivity contribution in [1.29, 1.82) is 0 Å². The summed E-state index contributed by atoms with van der Waals surface area (Å²) in [6.45, 7) is 3.64. The molecular weight excluding hydrogens is 380 g/mol. The Balaban J connectivity index is 2.02. The summed E-state index contributed by atoms with van der Waals surface area (Å²) < 4.78 is 0. The van der Waals surface area contributed by atoms with Crippen molar-refractivity contribution >= 4 is 23.1 Å². The predicted molar refractivity (Wildman–Crippen MR) is 112 cm³/mol. The van der Waals surface area contributed by atoms with E-state index in [0.717, 1.165) is 5.56 Å². The largest absolute Gasteiger partial charge is 0.374 e. The van der Waals surface area contributed by atoms with Crippen LogP contribution in [0.15, 0.2) is 60.7 Å². The average molecular weight is 406 g/mol. The Hall–Kier alpha value is -2.92. The molecule has 0 amide bonds. The van der Waals surface area contributed by atoms with Crippen LogP contribution in [0.5, 0.6) is 0 Å². The molecule has 3 atom stereocenters. The van der Waals surface area contributed by atoms with E-state index in [2.05, 4.69) is 0 Å². The molecule has 0 radical (unpaired) electrons. The highest BCUT2D eigenvalue weighted by molar-refractivity contribution is 6.35. The maximum atomic E-state index is 13.3. The van der Waals surface area contributed by atoms with Crippen LogP contribution in [0, 0.1) is 17.8 Å². The van der Waals surface area contributed by atoms with Crippen molar-refractivity contribution in [3.63, 3.8) is 0 Å². The fraction of sp³-hybridized carbons (Fsp3) is 0.360. The molecule has 2 aromatic carbocycles. The number of hydrogen-bond donors (Lipinski definition) is 1. The van der Waals surface area contributed by atoms with Crippen molar-refractivity contribution in [3.05, 3.63) is 71.8 Å². The zero-order valence-corrected chi connectivity index (χ0v) is 17.2. The number of benzene rings is 2. The topological polar surface area (TPSA) is 88.5 Å². The van der Waals surface area contributed by atoms with Gasteiger partial charge in [0.2, 0.25) is 0 Å². The Morgan fingerprint density at radius 3 is 1.97 bits per heavy atom. The molecule has 0 bridgehead atoms. The second-order valence-electron chi connectivity index (χ2n) is 8.39. The number of aliphatic hydroxyl groups is 1. The van der Waals surface area contributed by atoms with Gasteiger partial charge in [-0.05, 0) is 23.5 Å². The molecule has 3 unspecified atom stereocenters. The van der Waals surface area contributed by atoms with Crippen molar-refractivity contribution in [2.24, 2.45) is 17.8 Å². The monoisotopic (exact) mass is 406 g/mol. The zero-order chi connectivity index (χ0) is 21.9. The lowest BCUT2D eigenvalue weighted by Crippen LogP contribution is -2.63. The second kappa shape index (κ2) is 8.84. The van der Waals surface area contributed by atoms with Crippen LogP contribution in [0.25, 0.3) is 0 Å². The van der Waals surface area contributed by atoms with Crippen LogP contribution in [0.2, 0.25) is 0 Å². The number of Topliss-reactive ketones (excluding diaryl/α,β-unsaturated/α-hetero) is 4. The summed E-state index contributed by atoms with van der Waals surface area (Å²) in [5.41, 5.74) is -1.08. The molecule has 0 heterocycles. The fourth-order valence-electron chi connectivity index (χ4n) is 4.04. The van der Waals surface area contributed by atoms with Crippen molar-refractivity contribution in [3.8, 4) is 0 Å². The standard InChI is InChI=1S/C25H26O5/c1-16(2)13-20(26)21-22(27)19(14-17-9-5-3-6-10-17)23(28)25(30,24(21)29)15-18-11-7-4-8-12-18/h3-12,16,19,21,30H,13-15H2,1-2H3. The van der Waals surface area contributed by atoms with E-state index in [4.69, 9.17) is 0 Å². The first kappa shape index (κ1) is 21.8. The molecule has 0 spiro atoms. The van der Waals surface area contributed by atoms with Gasteiger partial charge in [-0.3, -0.25) is 19.2 Å². The third kappa shape index (κ3) is 4.31. The zero-order valence-electron chi connectivity index (χ0n) is 17.2. The Morgan fingerprint density at radius 2 is 1.43 bits per heavy atom. The Morgan fingerprint density at radius 1 is 0.900 bits per heavy atom. The first-order chi connectivity index (χ1) is 14.2. The summed E-state index contributed by atoms with van der Waals surface area (Å²) in [7, 11) is 0. The van der Waals surface area contributed by atoms with Gasteiger partial charge < -0.3 is 5.11 Å². The van der Waals surface area contributed by atoms with Crippen LogP contribution in [-0.4, -0.2) is 33.8 Å². The second-order valence-corrected chi connectivity index (χ2v) is 8.39. The van der Waals surface area contributed by atoms with Crippen LogP contribution >= 0.6 is 0 Å². The summed E-state index contributed by atoms with van der Waals surface area (Å²) in [5.74, 6) is -5.93. The molecule has 1 aliphatic rings. The van der Waals surface area contributed by atoms with Crippen LogP contribution in [0.4, 0.5) is 0 Å². The predicted octanol–water partition coefficient (Wildman–Crippen LogP) is 2.77. The lowest BCUT2D eigenvalue weighted by molar-refractivity contribution is -0.166. The lowest BCUT2D eigenvalue weighted by atomic mass is 9.64. The van der Waals surface area contributed by atoms with E-state index in [-0.39, 0.29) is 25.2 Å². The maximum Gasteiger partial charge on any atom is 0.190 e. The molecule has 156 valence electrons. The highest BCUT2D eigenvalue weighted by Gasteiger charge is 2.59. The summed E-state index contributed by atoms with van der Waals surface area (Å²) in [6.07, 6.45) is -0.167. The minimum Gasteiger partial charge on any atom is -0.374 e. The highest BCUT2D eigenvalue weighted by Crippen LogP contribution is 2.34. The molecule has 1 aliphatic carbocycles. The molecule has 0 saturated heterocycles. The number of ketones is 4. The third-order valence-corrected chi connectivity index (χ3v) is 5.54. The smallest absolute Gasteiger partial charge is 0.190 e. The minimum absolute atomic E-state index is 0.0375. The van der Waals surface area contributed by atoms with E-state index >= 15 is 0 Å². The van der Waals surface area contributed by atoms with Crippen LogP contribution in [0.3, 0.4) is 0 Å². The van der Waals surface area contributed by atoms with Gasteiger partial charge in [0.05, 0.1) is 5.92 Å². The molecular formula is C25H26O5. The van der Waals surface area contributed by atoms with Crippen molar-refractivity contribution in [2.45, 2.75) is 38.7 Å². The van der Waals surface area contributed by atoms with Gasteiger partial charge in [-0.25, -0.2) is 0 Å². The molecule has 2 aromatic rings. The van der Waals surface area contributed by atoms with Gasteiger partial charge in [0.25, 0.3) is 0 Å². The quantitative estimate of drug-likeness (QED) is 0.715. The molecule has 5 heteroatoms. The summed E-state index contributed by atoms with van der Waals surface area (Å²) in [4.78, 5) is 52.4. The van der Waals surface area contributed by atoms with Crippen LogP contribution in [0.1, 0.15) is 31.4 Å². The third-order valence-electron chi connectivity index (χ3n) is 5.54. The van der Waals surface area contributed by atoms with E-state index < -0.39 is 40.6 Å². The Bertz CT molecular complexity index is 948. The SMILES string of the molecule is CC(C)CC(=O)C1C(=O)C(Cc2ccccc2)C(=O)C(O)(Cc2ccccc2)C1=O. The molecule has 1 N–H and O–H groups in total. The van der Waals surface area contributed by atoms with E-state index in [9.17, 15) is 24.3 Å². The normalized spacial score (nSPS) is 24.3. The van der Waals surface area contributed by atoms with E-state index in [1.165, 1.54) is 0 Å². The van der Waals surface area contributed by atoms with Crippen molar-refractivity contribution < 1.29 is 24.3 Å². The summed E-state index contributed by atoms with van der Waals surface area (Å²) >= 11 is 0. The van der Waals surface area contributed by atoms with Gasteiger partial charge in [-0.1, -0.05) is 74.5 Å². The number of rotatable bonds is 7. The molecule has 1 saturated carbocycles. The first-order valence-corrected chi connectivity index (χ1v) is 10.2. The van der Waals surface area contributed by atoms with E-state index in [1.807, 2.05) is 19.9 Å². The Kier molecular flexibility index (Phi) is 6.42. The average Bonchev–Trinajstić information content (AvgIpc) is 2.71. The van der Waals surface area contributed by atoms with Gasteiger partial charge >= 0.3 is 0 Å². The first-order valence-electron chi connectivity index (χ1n) is 10.2. The number of carbonyl (C=O) groups is 4. The summed E-state index contributed by atoms with van der Waals surface area (Å²) in [6, 6.07) is 17.6. The van der Waals surface area contributed by atoms with Gasteiger partial charge in [0.1, 0.15) is 5.92 Å². The van der Waals surface area contributed by atoms with E-state index in [1.54, 1.807) is 54.6 Å². The van der Waals surface area contributed by atoms with Crippen LogP contribution < -0.4 is 0 Å². The Labute approximate surface area is 176 Å². The van der Waals surface area contributed by atoms with Gasteiger partial charge in [0.15, 0.2) is 28.7 Å². The molecule has 0 aliphatic heterocycles. The fourth-order valence-corrected chi connectivity index (χ4v) is 4.04. The maximum absolute atomic E-state index is 13.3. The molecule has 3 rings (SSSR count). The van der Waals surface area contributed by atoms with E-state index in [0.29, 0.717) is 5.56 Å². The van der Waals surface area contributed by atoms with Crippen molar-refractivity contribution in [1.82, 2.24) is 0 Å². The van der Waals surface area contributed by atoms with Gasteiger partial charge in [-0.2, -0.15) is 0 Å². The number of carbonyl (C=O) groups excluding carboxylic acids is 4. The number of hydrogen-bond acceptors (Lipinski definition) is 5. The minimum atomic E-state index is -2.40. The van der Waals surface area contributed by atoms with Crippen molar-refractivity contribution in [2.75, 3.05) is 0 Å². The van der Waals surface area contributed by atoms with Gasteiger partial charge in [-0.15, -0.1) is 0 Å². The van der Waals surface area contributed by atoms with Crippen LogP contribution in [-0.2, 0) is 32.0 Å².